The fraction of sp³-hybridized carbons (Fsp3) is 0.409. The van der Waals surface area contributed by atoms with Gasteiger partial charge in [-0.05, 0) is 55.2 Å². The summed E-state index contributed by atoms with van der Waals surface area (Å²) in [6, 6.07) is 11.0. The van der Waals surface area contributed by atoms with E-state index in [0.29, 0.717) is 49.5 Å². The average Bonchev–Trinajstić information content (AvgIpc) is 2.75. The highest BCUT2D eigenvalue weighted by Crippen LogP contribution is 2.33. The van der Waals surface area contributed by atoms with E-state index < -0.39 is 10.0 Å². The van der Waals surface area contributed by atoms with E-state index in [1.165, 1.54) is 4.31 Å². The second kappa shape index (κ2) is 9.49. The summed E-state index contributed by atoms with van der Waals surface area (Å²) in [6.07, 6.45) is 0.980. The van der Waals surface area contributed by atoms with Crippen LogP contribution in [0.5, 0.6) is 11.5 Å². The van der Waals surface area contributed by atoms with Gasteiger partial charge in [0.15, 0.2) is 11.5 Å². The molecule has 0 spiro atoms. The van der Waals surface area contributed by atoms with E-state index in [1.54, 1.807) is 26.4 Å². The van der Waals surface area contributed by atoms with Gasteiger partial charge in [0.1, 0.15) is 0 Å². The smallest absolute Gasteiger partial charge is 0.251 e. The third kappa shape index (κ3) is 5.12. The highest BCUT2D eigenvalue weighted by atomic mass is 32.2. The van der Waals surface area contributed by atoms with Crippen LogP contribution in [-0.4, -0.2) is 51.7 Å². The number of ether oxygens (including phenoxy) is 2. The lowest BCUT2D eigenvalue weighted by Gasteiger charge is -2.29. The highest BCUT2D eigenvalue weighted by molar-refractivity contribution is 7.89. The van der Waals surface area contributed by atoms with Crippen molar-refractivity contribution in [3.8, 4) is 11.5 Å². The lowest BCUT2D eigenvalue weighted by Crippen LogP contribution is -2.38. The molecule has 3 rings (SSSR count). The molecule has 1 aliphatic rings. The fourth-order valence-corrected chi connectivity index (χ4v) is 4.96. The third-order valence-corrected chi connectivity index (χ3v) is 7.16. The molecule has 0 aromatic heterocycles. The Hall–Kier alpha value is -2.58. The first-order valence-corrected chi connectivity index (χ1v) is 11.5. The van der Waals surface area contributed by atoms with Gasteiger partial charge in [0, 0.05) is 25.2 Å². The number of aryl methyl sites for hydroxylation is 1. The maximum absolute atomic E-state index is 12.8. The summed E-state index contributed by atoms with van der Waals surface area (Å²) in [4.78, 5) is 12.1. The van der Waals surface area contributed by atoms with Crippen molar-refractivity contribution in [1.82, 2.24) is 9.62 Å². The Labute approximate surface area is 178 Å². The summed E-state index contributed by atoms with van der Waals surface area (Å²) in [7, 11) is -0.273. The van der Waals surface area contributed by atoms with Crippen LogP contribution in [0, 0.1) is 6.92 Å². The predicted molar refractivity (Wildman–Crippen MR) is 116 cm³/mol. The zero-order valence-electron chi connectivity index (χ0n) is 17.6. The van der Waals surface area contributed by atoms with Gasteiger partial charge in [0.25, 0.3) is 5.91 Å². The van der Waals surface area contributed by atoms with Crippen LogP contribution in [0.2, 0.25) is 0 Å². The van der Waals surface area contributed by atoms with Crippen LogP contribution in [0.3, 0.4) is 0 Å². The van der Waals surface area contributed by atoms with Crippen LogP contribution in [-0.2, 0) is 23.0 Å². The average molecular weight is 433 g/mol. The number of sulfonamides is 1. The quantitative estimate of drug-likeness (QED) is 0.648. The molecule has 0 bridgehead atoms. The second-order valence-electron chi connectivity index (χ2n) is 7.35. The van der Waals surface area contributed by atoms with Gasteiger partial charge in [-0.15, -0.1) is 0 Å². The van der Waals surface area contributed by atoms with Crippen LogP contribution in [0.1, 0.15) is 33.5 Å². The molecule has 0 unspecified atom stereocenters. The number of hydrogen-bond acceptors (Lipinski definition) is 5. The topological polar surface area (TPSA) is 84.9 Å². The van der Waals surface area contributed by atoms with E-state index in [2.05, 4.69) is 5.32 Å². The first kappa shape index (κ1) is 22.1. The molecule has 0 atom stereocenters. The van der Waals surface area contributed by atoms with Gasteiger partial charge in [-0.3, -0.25) is 4.79 Å². The zero-order chi connectivity index (χ0) is 21.7. The molecule has 0 saturated heterocycles. The number of amides is 1. The van der Waals surface area contributed by atoms with E-state index in [4.69, 9.17) is 9.47 Å². The Kier molecular flexibility index (Phi) is 6.99. The van der Waals surface area contributed by atoms with Crippen LogP contribution >= 0.6 is 0 Å². The summed E-state index contributed by atoms with van der Waals surface area (Å²) in [6.45, 7) is 3.01. The number of rotatable bonds is 8. The summed E-state index contributed by atoms with van der Waals surface area (Å²) in [5.41, 5.74) is 3.65. The Bertz CT molecular complexity index is 1000. The number of benzene rings is 2. The van der Waals surface area contributed by atoms with Crippen molar-refractivity contribution < 1.29 is 22.7 Å². The van der Waals surface area contributed by atoms with Gasteiger partial charge in [0.05, 0.1) is 20.0 Å². The molecule has 1 amide bonds. The molecular weight excluding hydrogens is 404 g/mol. The van der Waals surface area contributed by atoms with Crippen LogP contribution in [0.15, 0.2) is 36.4 Å². The van der Waals surface area contributed by atoms with Crippen molar-refractivity contribution in [2.75, 3.05) is 33.1 Å². The van der Waals surface area contributed by atoms with Gasteiger partial charge in [0.2, 0.25) is 10.0 Å². The van der Waals surface area contributed by atoms with E-state index in [9.17, 15) is 13.2 Å². The minimum Gasteiger partial charge on any atom is -0.493 e. The Morgan fingerprint density at radius 3 is 2.33 bits per heavy atom. The number of carbonyl (C=O) groups excluding carboxylic acids is 1. The minimum absolute atomic E-state index is 0.0101. The second-order valence-corrected chi connectivity index (χ2v) is 9.44. The number of nitrogens with one attached hydrogen (secondary N) is 1. The molecule has 2 aromatic rings. The van der Waals surface area contributed by atoms with Crippen molar-refractivity contribution in [1.29, 1.82) is 0 Å². The van der Waals surface area contributed by atoms with E-state index in [1.807, 2.05) is 31.2 Å². The molecule has 2 aromatic carbocycles. The summed E-state index contributed by atoms with van der Waals surface area (Å²) in [5, 5.41) is 2.78. The first-order valence-electron chi connectivity index (χ1n) is 9.90. The first-order chi connectivity index (χ1) is 14.3. The van der Waals surface area contributed by atoms with Crippen molar-refractivity contribution >= 4 is 15.9 Å². The Morgan fingerprint density at radius 2 is 1.70 bits per heavy atom. The lowest BCUT2D eigenvalue weighted by molar-refractivity contribution is 0.0953. The SMILES string of the molecule is COc1cc2c(cc1OC)CN(S(=O)(=O)CCCNC(=O)c1ccc(C)cc1)CC2. The minimum atomic E-state index is -3.42. The zero-order valence-corrected chi connectivity index (χ0v) is 18.4. The summed E-state index contributed by atoms with van der Waals surface area (Å²) >= 11 is 0. The third-order valence-electron chi connectivity index (χ3n) is 5.25. The van der Waals surface area contributed by atoms with Gasteiger partial charge in [-0.2, -0.15) is 4.31 Å². The molecule has 1 heterocycles. The molecule has 1 aliphatic heterocycles. The summed E-state index contributed by atoms with van der Waals surface area (Å²) in [5.74, 6) is 1.04. The number of carbonyl (C=O) groups is 1. The molecule has 7 nitrogen and oxygen atoms in total. The molecular formula is C22H28N2O5S. The molecule has 30 heavy (non-hydrogen) atoms. The molecule has 0 radical (unpaired) electrons. The maximum Gasteiger partial charge on any atom is 0.251 e. The standard InChI is InChI=1S/C22H28N2O5S/c1-16-5-7-17(8-6-16)22(25)23-10-4-12-30(26,27)24-11-9-18-13-20(28-2)21(29-3)14-19(18)15-24/h5-8,13-14H,4,9-12,15H2,1-3H3,(H,23,25). The van der Waals surface area contributed by atoms with Crippen LogP contribution in [0.25, 0.3) is 0 Å². The molecule has 0 aliphatic carbocycles. The Balaban J connectivity index is 1.55. The predicted octanol–water partition coefficient (Wildman–Crippen LogP) is 2.52. The van der Waals surface area contributed by atoms with E-state index >= 15 is 0 Å². The molecule has 8 heteroatoms. The fourth-order valence-electron chi connectivity index (χ4n) is 3.49. The summed E-state index contributed by atoms with van der Waals surface area (Å²) < 4.78 is 37.7. The van der Waals surface area contributed by atoms with Gasteiger partial charge >= 0.3 is 0 Å². The van der Waals surface area contributed by atoms with Crippen molar-refractivity contribution in [2.45, 2.75) is 26.3 Å². The van der Waals surface area contributed by atoms with Crippen molar-refractivity contribution in [3.05, 3.63) is 58.7 Å². The molecule has 162 valence electrons. The number of nitrogens with zero attached hydrogens (tertiary/aromatic N) is 1. The maximum atomic E-state index is 12.8. The van der Waals surface area contributed by atoms with Crippen LogP contribution < -0.4 is 14.8 Å². The molecule has 1 N–H and O–H groups in total. The van der Waals surface area contributed by atoms with Crippen LogP contribution in [0.4, 0.5) is 0 Å². The number of hydrogen-bond donors (Lipinski definition) is 1. The molecule has 0 fully saturated rings. The van der Waals surface area contributed by atoms with E-state index in [0.717, 1.165) is 16.7 Å². The Morgan fingerprint density at radius 1 is 1.07 bits per heavy atom. The largest absolute Gasteiger partial charge is 0.493 e. The number of fused-ring (bicyclic) bond motifs is 1. The number of methoxy groups -OCH3 is 2. The highest BCUT2D eigenvalue weighted by Gasteiger charge is 2.27. The van der Waals surface area contributed by atoms with Crippen molar-refractivity contribution in [3.63, 3.8) is 0 Å². The van der Waals surface area contributed by atoms with Gasteiger partial charge in [-0.1, -0.05) is 17.7 Å². The lowest BCUT2D eigenvalue weighted by atomic mass is 10.0. The molecule has 0 saturated carbocycles. The van der Waals surface area contributed by atoms with Crippen molar-refractivity contribution in [2.24, 2.45) is 0 Å². The van der Waals surface area contributed by atoms with Gasteiger partial charge < -0.3 is 14.8 Å². The normalized spacial score (nSPS) is 14.1. The van der Waals surface area contributed by atoms with Gasteiger partial charge in [-0.25, -0.2) is 8.42 Å². The van der Waals surface area contributed by atoms with E-state index in [-0.39, 0.29) is 11.7 Å². The monoisotopic (exact) mass is 432 g/mol.